The van der Waals surface area contributed by atoms with Crippen LogP contribution >= 0.6 is 11.3 Å². The predicted octanol–water partition coefficient (Wildman–Crippen LogP) is 3.37. The maximum atomic E-state index is 13.4. The van der Waals surface area contributed by atoms with Gasteiger partial charge in [-0.05, 0) is 24.6 Å². The summed E-state index contributed by atoms with van der Waals surface area (Å²) in [6.07, 6.45) is 1.75. The Balaban J connectivity index is 1.53. The molecule has 1 fully saturated rings. The van der Waals surface area contributed by atoms with Crippen molar-refractivity contribution in [2.24, 2.45) is 5.92 Å². The molecule has 1 N–H and O–H groups in total. The second-order valence-corrected chi connectivity index (χ2v) is 12.0. The molecule has 2 amide bonds. The van der Waals surface area contributed by atoms with E-state index in [1.165, 1.54) is 16.4 Å². The van der Waals surface area contributed by atoms with Gasteiger partial charge in [0.25, 0.3) is 0 Å². The number of carbonyl (C=O) groups is 2. The molecule has 1 aliphatic rings. The Hall–Kier alpha value is -3.08. The van der Waals surface area contributed by atoms with Gasteiger partial charge in [0.2, 0.25) is 21.8 Å². The highest BCUT2D eigenvalue weighted by Gasteiger charge is 2.43. The van der Waals surface area contributed by atoms with Gasteiger partial charge in [0.1, 0.15) is 11.0 Å². The predicted molar refractivity (Wildman–Crippen MR) is 140 cm³/mol. The molecule has 2 heterocycles. The summed E-state index contributed by atoms with van der Waals surface area (Å²) in [5.41, 5.74) is 1.89. The van der Waals surface area contributed by atoms with Crippen LogP contribution in [0.5, 0.6) is 0 Å². The number of sulfonamides is 1. The summed E-state index contributed by atoms with van der Waals surface area (Å²) in [6.45, 7) is 5.62. The number of piperazine rings is 1. The largest absolute Gasteiger partial charge is 0.350 e. The van der Waals surface area contributed by atoms with Crippen molar-refractivity contribution in [3.8, 4) is 10.6 Å². The van der Waals surface area contributed by atoms with Crippen LogP contribution in [0.4, 0.5) is 0 Å². The van der Waals surface area contributed by atoms with Gasteiger partial charge in [-0.15, -0.1) is 11.3 Å². The minimum absolute atomic E-state index is 0.102. The fourth-order valence-corrected chi connectivity index (χ4v) is 6.49. The lowest BCUT2D eigenvalue weighted by Gasteiger charge is -2.44. The van der Waals surface area contributed by atoms with Gasteiger partial charge >= 0.3 is 0 Å². The van der Waals surface area contributed by atoms with E-state index in [9.17, 15) is 18.0 Å². The molecule has 3 aromatic rings. The smallest absolute Gasteiger partial charge is 0.244 e. The van der Waals surface area contributed by atoms with Crippen LogP contribution in [0.1, 0.15) is 26.3 Å². The molecule has 1 aliphatic heterocycles. The molecule has 10 heteroatoms. The van der Waals surface area contributed by atoms with Gasteiger partial charge < -0.3 is 10.2 Å². The van der Waals surface area contributed by atoms with Crippen LogP contribution in [-0.4, -0.2) is 59.6 Å². The van der Waals surface area contributed by atoms with Crippen LogP contribution in [0.25, 0.3) is 10.6 Å². The molecule has 1 saturated heterocycles. The van der Waals surface area contributed by atoms with Crippen LogP contribution in [0, 0.1) is 5.92 Å². The second kappa shape index (κ2) is 10.9. The number of hydrogen-bond acceptors (Lipinski definition) is 6. The van der Waals surface area contributed by atoms with Gasteiger partial charge in [-0.2, -0.15) is 4.31 Å². The molecule has 2 aromatic carbocycles. The number of nitrogens with one attached hydrogen (secondary N) is 1. The highest BCUT2D eigenvalue weighted by atomic mass is 32.2. The molecule has 36 heavy (non-hydrogen) atoms. The third kappa shape index (κ3) is 5.50. The second-order valence-electron chi connectivity index (χ2n) is 9.15. The van der Waals surface area contributed by atoms with Crippen molar-refractivity contribution < 1.29 is 18.0 Å². The van der Waals surface area contributed by atoms with Gasteiger partial charge in [0, 0.05) is 48.7 Å². The van der Waals surface area contributed by atoms with Crippen LogP contribution in [0.2, 0.25) is 0 Å². The fourth-order valence-electron chi connectivity index (χ4n) is 4.30. The van der Waals surface area contributed by atoms with E-state index in [1.54, 1.807) is 61.4 Å². The van der Waals surface area contributed by atoms with Crippen LogP contribution < -0.4 is 5.32 Å². The van der Waals surface area contributed by atoms with Crippen molar-refractivity contribution >= 4 is 33.2 Å². The minimum Gasteiger partial charge on any atom is -0.350 e. The maximum Gasteiger partial charge on any atom is 0.244 e. The number of benzene rings is 2. The first-order valence-corrected chi connectivity index (χ1v) is 14.1. The zero-order valence-corrected chi connectivity index (χ0v) is 22.1. The third-order valence-electron chi connectivity index (χ3n) is 6.19. The number of nitrogens with zero attached hydrogens (tertiary/aromatic N) is 3. The third-order valence-corrected chi connectivity index (χ3v) is 8.86. The number of aromatic nitrogens is 1. The fraction of sp³-hybridized carbons (Fsp3) is 0.346. The van der Waals surface area contributed by atoms with E-state index in [0.29, 0.717) is 0 Å². The first kappa shape index (κ1) is 26.0. The van der Waals surface area contributed by atoms with Crippen molar-refractivity contribution in [1.82, 2.24) is 19.5 Å². The Morgan fingerprint density at radius 3 is 2.39 bits per heavy atom. The van der Waals surface area contributed by atoms with E-state index < -0.39 is 22.1 Å². The summed E-state index contributed by atoms with van der Waals surface area (Å²) in [4.78, 5) is 32.4. The van der Waals surface area contributed by atoms with Crippen molar-refractivity contribution in [3.63, 3.8) is 0 Å². The molecule has 1 aromatic heterocycles. The zero-order valence-electron chi connectivity index (χ0n) is 20.5. The molecular weight excluding hydrogens is 496 g/mol. The van der Waals surface area contributed by atoms with Crippen LogP contribution in [0.15, 0.2) is 71.1 Å². The summed E-state index contributed by atoms with van der Waals surface area (Å²) in [6, 6.07) is 14.5. The highest BCUT2D eigenvalue weighted by Crippen LogP contribution is 2.25. The maximum absolute atomic E-state index is 13.4. The summed E-state index contributed by atoms with van der Waals surface area (Å²) in [7, 11) is -3.81. The Labute approximate surface area is 216 Å². The summed E-state index contributed by atoms with van der Waals surface area (Å²) in [5.74, 6) is -0.876. The van der Waals surface area contributed by atoms with Gasteiger partial charge in [-0.1, -0.05) is 56.3 Å². The molecule has 190 valence electrons. The molecule has 0 radical (unpaired) electrons. The van der Waals surface area contributed by atoms with E-state index in [1.807, 2.05) is 29.6 Å². The first-order chi connectivity index (χ1) is 17.2. The standard InChI is InChI=1S/C26H30N4O4S2/c1-18(2)26(32)30-19(3)16-29(36(33,34)22-7-5-4-6-8-22)17-23(30)24(31)28-15-20-9-11-21(12-10-20)25-27-13-14-35-25/h4-14,18-19,23H,15-17H2,1-3H3,(H,28,31)/t19-,23-/m1/s1. The van der Waals surface area contributed by atoms with Crippen LogP contribution in [-0.2, 0) is 26.2 Å². The topological polar surface area (TPSA) is 99.7 Å². The SMILES string of the molecule is CC(C)C(=O)N1[C@H](C)CN(S(=O)(=O)c2ccccc2)C[C@@H]1C(=O)NCc1ccc(-c2nccs2)cc1. The van der Waals surface area contributed by atoms with Gasteiger partial charge in [0.15, 0.2) is 0 Å². The highest BCUT2D eigenvalue weighted by molar-refractivity contribution is 7.89. The Morgan fingerprint density at radius 1 is 1.08 bits per heavy atom. The number of thiazole rings is 1. The molecule has 0 saturated carbocycles. The lowest BCUT2D eigenvalue weighted by atomic mass is 10.0. The lowest BCUT2D eigenvalue weighted by Crippen LogP contribution is -2.65. The number of rotatable bonds is 7. The van der Waals surface area contributed by atoms with Crippen molar-refractivity contribution in [2.45, 2.75) is 44.3 Å². The average molecular weight is 527 g/mol. The monoisotopic (exact) mass is 526 g/mol. The lowest BCUT2D eigenvalue weighted by molar-refractivity contribution is -0.148. The molecule has 0 spiro atoms. The Morgan fingerprint density at radius 2 is 1.78 bits per heavy atom. The molecule has 4 rings (SSSR count). The average Bonchev–Trinajstić information content (AvgIpc) is 3.42. The van der Waals surface area contributed by atoms with Gasteiger partial charge in [-0.25, -0.2) is 13.4 Å². The van der Waals surface area contributed by atoms with Crippen LogP contribution in [0.3, 0.4) is 0 Å². The van der Waals surface area contributed by atoms with Gasteiger partial charge in [0.05, 0.1) is 4.90 Å². The first-order valence-electron chi connectivity index (χ1n) is 11.8. The van der Waals surface area contributed by atoms with Crippen molar-refractivity contribution in [2.75, 3.05) is 13.1 Å². The van der Waals surface area contributed by atoms with Crippen molar-refractivity contribution in [1.29, 1.82) is 0 Å². The van der Waals surface area contributed by atoms with E-state index in [4.69, 9.17) is 0 Å². The molecular formula is C26H30N4O4S2. The van der Waals surface area contributed by atoms with Gasteiger partial charge in [-0.3, -0.25) is 9.59 Å². The molecule has 0 aliphatic carbocycles. The Bertz CT molecular complexity index is 1290. The number of hydrogen-bond donors (Lipinski definition) is 1. The molecule has 0 bridgehead atoms. The summed E-state index contributed by atoms with van der Waals surface area (Å²) < 4.78 is 27.9. The van der Waals surface area contributed by atoms with E-state index in [2.05, 4.69) is 10.3 Å². The number of carbonyl (C=O) groups excluding carboxylic acids is 2. The summed E-state index contributed by atoms with van der Waals surface area (Å²) in [5, 5.41) is 5.75. The number of amides is 2. The summed E-state index contributed by atoms with van der Waals surface area (Å²) >= 11 is 1.55. The minimum atomic E-state index is -3.81. The van der Waals surface area contributed by atoms with E-state index >= 15 is 0 Å². The molecule has 0 unspecified atom stereocenters. The quantitative estimate of drug-likeness (QED) is 0.509. The molecule has 2 atom stereocenters. The zero-order chi connectivity index (χ0) is 25.9. The normalized spacial score (nSPS) is 18.8. The van der Waals surface area contributed by atoms with E-state index in [0.717, 1.165) is 16.1 Å². The van der Waals surface area contributed by atoms with E-state index in [-0.39, 0.29) is 42.3 Å². The molecule has 8 nitrogen and oxygen atoms in total. The Kier molecular flexibility index (Phi) is 7.87. The van der Waals surface area contributed by atoms with Crippen molar-refractivity contribution in [3.05, 3.63) is 71.7 Å².